The van der Waals surface area contributed by atoms with E-state index < -0.39 is 5.82 Å². The van der Waals surface area contributed by atoms with Gasteiger partial charge in [0.25, 0.3) is 0 Å². The Hall–Kier alpha value is -1.52. The molecule has 82 valence electrons. The molecule has 0 aliphatic carbocycles. The largest absolute Gasteiger partial charge is 0.392 e. The van der Waals surface area contributed by atoms with Crippen molar-refractivity contribution in [1.29, 1.82) is 0 Å². The van der Waals surface area contributed by atoms with Crippen LogP contribution in [0.3, 0.4) is 0 Å². The van der Waals surface area contributed by atoms with E-state index in [2.05, 4.69) is 9.97 Å². The van der Waals surface area contributed by atoms with Crippen LogP contribution in [0.4, 0.5) is 4.39 Å². The van der Waals surface area contributed by atoms with Crippen molar-refractivity contribution in [3.05, 3.63) is 47.0 Å². The lowest BCUT2D eigenvalue weighted by Crippen LogP contribution is -1.92. The maximum absolute atomic E-state index is 13.2. The Morgan fingerprint density at radius 3 is 2.50 bits per heavy atom. The summed E-state index contributed by atoms with van der Waals surface area (Å²) in [7, 11) is 0. The molecule has 5 heteroatoms. The van der Waals surface area contributed by atoms with E-state index >= 15 is 0 Å². The van der Waals surface area contributed by atoms with Gasteiger partial charge in [-0.2, -0.15) is 0 Å². The quantitative estimate of drug-likeness (QED) is 0.874. The van der Waals surface area contributed by atoms with Gasteiger partial charge in [-0.25, -0.2) is 14.4 Å². The molecular formula is C11H8ClFN2O. The Kier molecular flexibility index (Phi) is 3.12. The van der Waals surface area contributed by atoms with Gasteiger partial charge in [0, 0.05) is 23.5 Å². The van der Waals surface area contributed by atoms with Gasteiger partial charge in [0.2, 0.25) is 0 Å². The molecule has 2 rings (SSSR count). The monoisotopic (exact) mass is 238 g/mol. The zero-order valence-corrected chi connectivity index (χ0v) is 8.95. The van der Waals surface area contributed by atoms with Crippen LogP contribution >= 0.6 is 11.6 Å². The number of halogens is 2. The molecule has 0 fully saturated rings. The number of rotatable bonds is 2. The number of aliphatic hydroxyl groups is 1. The van der Waals surface area contributed by atoms with Gasteiger partial charge < -0.3 is 5.11 Å². The molecule has 0 bridgehead atoms. The highest BCUT2D eigenvalue weighted by Crippen LogP contribution is 2.21. The van der Waals surface area contributed by atoms with Gasteiger partial charge >= 0.3 is 0 Å². The van der Waals surface area contributed by atoms with Crippen LogP contribution < -0.4 is 0 Å². The van der Waals surface area contributed by atoms with Crippen molar-refractivity contribution in [3.8, 4) is 11.4 Å². The molecule has 0 unspecified atom stereocenters. The topological polar surface area (TPSA) is 46.0 Å². The van der Waals surface area contributed by atoms with Gasteiger partial charge in [0.15, 0.2) is 5.82 Å². The zero-order chi connectivity index (χ0) is 11.5. The second kappa shape index (κ2) is 4.55. The van der Waals surface area contributed by atoms with Crippen molar-refractivity contribution in [3.63, 3.8) is 0 Å². The highest BCUT2D eigenvalue weighted by atomic mass is 35.5. The third kappa shape index (κ3) is 2.18. The van der Waals surface area contributed by atoms with Crippen LogP contribution in [0.25, 0.3) is 11.4 Å². The van der Waals surface area contributed by atoms with Crippen molar-refractivity contribution in [2.75, 3.05) is 0 Å². The van der Waals surface area contributed by atoms with Crippen LogP contribution in [0.1, 0.15) is 5.56 Å². The summed E-state index contributed by atoms with van der Waals surface area (Å²) in [6, 6.07) is 4.37. The molecule has 1 aromatic heterocycles. The predicted octanol–water partition coefficient (Wildman–Crippen LogP) is 2.43. The summed E-state index contributed by atoms with van der Waals surface area (Å²) in [5.41, 5.74) is 1.16. The average Bonchev–Trinajstić information content (AvgIpc) is 2.33. The first-order chi connectivity index (χ1) is 7.70. The first-order valence-electron chi connectivity index (χ1n) is 4.58. The minimum Gasteiger partial charge on any atom is -0.392 e. The minimum absolute atomic E-state index is 0.0655. The van der Waals surface area contributed by atoms with Crippen molar-refractivity contribution < 1.29 is 9.50 Å². The average molecular weight is 239 g/mol. The number of benzene rings is 1. The summed E-state index contributed by atoms with van der Waals surface area (Å²) in [5.74, 6) is -0.109. The van der Waals surface area contributed by atoms with E-state index in [0.717, 1.165) is 0 Å². The Morgan fingerprint density at radius 2 is 1.94 bits per heavy atom. The van der Waals surface area contributed by atoms with Crippen LogP contribution in [0.15, 0.2) is 30.6 Å². The van der Waals surface area contributed by atoms with E-state index in [1.165, 1.54) is 24.5 Å². The maximum atomic E-state index is 13.2. The number of nitrogens with zero attached hydrogens (tertiary/aromatic N) is 2. The molecule has 0 amide bonds. The smallest absolute Gasteiger partial charge is 0.159 e. The summed E-state index contributed by atoms with van der Waals surface area (Å²) in [5, 5.41) is 8.89. The lowest BCUT2D eigenvalue weighted by molar-refractivity contribution is 0.281. The van der Waals surface area contributed by atoms with Crippen molar-refractivity contribution in [1.82, 2.24) is 9.97 Å². The molecule has 1 heterocycles. The van der Waals surface area contributed by atoms with E-state index in [-0.39, 0.29) is 11.6 Å². The summed E-state index contributed by atoms with van der Waals surface area (Å²) >= 11 is 5.57. The Labute approximate surface area is 96.6 Å². The fourth-order valence-corrected chi connectivity index (χ4v) is 1.34. The second-order valence-corrected chi connectivity index (χ2v) is 3.61. The molecule has 0 saturated carbocycles. The molecule has 0 saturated heterocycles. The third-order valence-electron chi connectivity index (χ3n) is 2.07. The van der Waals surface area contributed by atoms with E-state index in [1.54, 1.807) is 6.07 Å². The molecule has 3 nitrogen and oxygen atoms in total. The number of hydrogen-bond acceptors (Lipinski definition) is 3. The van der Waals surface area contributed by atoms with Crippen LogP contribution in [0, 0.1) is 5.82 Å². The Bertz CT molecular complexity index is 502. The molecule has 0 spiro atoms. The second-order valence-electron chi connectivity index (χ2n) is 3.20. The standard InChI is InChI=1S/C11H8ClFN2O/c12-9-2-1-8(3-10(9)13)11-14-4-7(6-16)5-15-11/h1-5,16H,6H2. The van der Waals surface area contributed by atoms with E-state index in [9.17, 15) is 4.39 Å². The van der Waals surface area contributed by atoms with Gasteiger partial charge in [0.05, 0.1) is 11.6 Å². The van der Waals surface area contributed by atoms with Gasteiger partial charge in [-0.3, -0.25) is 0 Å². The molecule has 0 aliphatic rings. The fraction of sp³-hybridized carbons (Fsp3) is 0.0909. The first-order valence-corrected chi connectivity index (χ1v) is 4.95. The normalized spacial score (nSPS) is 10.4. The zero-order valence-electron chi connectivity index (χ0n) is 8.19. The highest BCUT2D eigenvalue weighted by Gasteiger charge is 2.05. The van der Waals surface area contributed by atoms with E-state index in [4.69, 9.17) is 16.7 Å². The van der Waals surface area contributed by atoms with Crippen molar-refractivity contribution >= 4 is 11.6 Å². The molecule has 1 aromatic carbocycles. The number of aromatic nitrogens is 2. The van der Waals surface area contributed by atoms with Crippen molar-refractivity contribution in [2.45, 2.75) is 6.61 Å². The van der Waals surface area contributed by atoms with Crippen LogP contribution in [-0.4, -0.2) is 15.1 Å². The molecule has 1 N–H and O–H groups in total. The molecule has 0 aliphatic heterocycles. The van der Waals surface area contributed by atoms with Gasteiger partial charge in [-0.05, 0) is 18.2 Å². The lowest BCUT2D eigenvalue weighted by Gasteiger charge is -2.01. The molecule has 0 atom stereocenters. The Balaban J connectivity index is 2.38. The van der Waals surface area contributed by atoms with E-state index in [0.29, 0.717) is 17.0 Å². The maximum Gasteiger partial charge on any atom is 0.159 e. The summed E-state index contributed by atoms with van der Waals surface area (Å²) in [6.45, 7) is -0.116. The molecule has 0 radical (unpaired) electrons. The number of hydrogen-bond donors (Lipinski definition) is 1. The Morgan fingerprint density at radius 1 is 1.25 bits per heavy atom. The van der Waals surface area contributed by atoms with E-state index in [1.807, 2.05) is 0 Å². The van der Waals surface area contributed by atoms with Gasteiger partial charge in [-0.15, -0.1) is 0 Å². The first kappa shape index (κ1) is 11.0. The summed E-state index contributed by atoms with van der Waals surface area (Å²) in [6.07, 6.45) is 2.99. The lowest BCUT2D eigenvalue weighted by atomic mass is 10.2. The molecular weight excluding hydrogens is 231 g/mol. The number of aliphatic hydroxyl groups excluding tert-OH is 1. The van der Waals surface area contributed by atoms with Crippen LogP contribution in [-0.2, 0) is 6.61 Å². The van der Waals surface area contributed by atoms with Crippen molar-refractivity contribution in [2.24, 2.45) is 0 Å². The van der Waals surface area contributed by atoms with Gasteiger partial charge in [-0.1, -0.05) is 11.6 Å². The minimum atomic E-state index is -0.506. The van der Waals surface area contributed by atoms with Crippen LogP contribution in [0.2, 0.25) is 5.02 Å². The third-order valence-corrected chi connectivity index (χ3v) is 2.37. The molecule has 2 aromatic rings. The van der Waals surface area contributed by atoms with Crippen LogP contribution in [0.5, 0.6) is 0 Å². The highest BCUT2D eigenvalue weighted by molar-refractivity contribution is 6.30. The predicted molar refractivity (Wildman–Crippen MR) is 58.4 cm³/mol. The van der Waals surface area contributed by atoms with Gasteiger partial charge in [0.1, 0.15) is 5.82 Å². The SMILES string of the molecule is OCc1cnc(-c2ccc(Cl)c(F)c2)nc1. The fourth-order valence-electron chi connectivity index (χ4n) is 1.22. The molecule has 16 heavy (non-hydrogen) atoms. The summed E-state index contributed by atoms with van der Waals surface area (Å²) in [4.78, 5) is 8.02. The summed E-state index contributed by atoms with van der Waals surface area (Å²) < 4.78 is 13.2.